The summed E-state index contributed by atoms with van der Waals surface area (Å²) >= 11 is 0. The molecule has 0 saturated heterocycles. The average molecular weight is 251 g/mol. The van der Waals surface area contributed by atoms with Crippen LogP contribution in [0.5, 0.6) is 5.75 Å². The Balaban J connectivity index is 2.66. The van der Waals surface area contributed by atoms with Gasteiger partial charge in [0.15, 0.2) is 11.6 Å². The summed E-state index contributed by atoms with van der Waals surface area (Å²) in [7, 11) is 0. The Hall–Kier alpha value is -1.35. The highest BCUT2D eigenvalue weighted by atomic mass is 19.1. The van der Waals surface area contributed by atoms with Crippen molar-refractivity contribution in [2.45, 2.75) is 33.2 Å². The molecule has 100 valence electrons. The molecule has 0 spiro atoms. The molecule has 0 aliphatic heterocycles. The molecular formula is C15H22FNO. The third-order valence-corrected chi connectivity index (χ3v) is 2.73. The molecule has 18 heavy (non-hydrogen) atoms. The van der Waals surface area contributed by atoms with Crippen molar-refractivity contribution >= 4 is 0 Å². The van der Waals surface area contributed by atoms with Crippen LogP contribution in [-0.4, -0.2) is 13.2 Å². The summed E-state index contributed by atoms with van der Waals surface area (Å²) in [6, 6.07) is 5.29. The first-order valence-electron chi connectivity index (χ1n) is 6.45. The first kappa shape index (κ1) is 14.7. The first-order valence-corrected chi connectivity index (χ1v) is 6.45. The van der Waals surface area contributed by atoms with Crippen LogP contribution >= 0.6 is 0 Å². The number of hydrogen-bond acceptors (Lipinski definition) is 2. The smallest absolute Gasteiger partial charge is 0.165 e. The molecule has 0 bridgehead atoms. The van der Waals surface area contributed by atoms with Gasteiger partial charge in [-0.25, -0.2) is 4.39 Å². The van der Waals surface area contributed by atoms with Crippen LogP contribution in [-0.2, 0) is 0 Å². The van der Waals surface area contributed by atoms with E-state index in [-0.39, 0.29) is 11.9 Å². The van der Waals surface area contributed by atoms with E-state index >= 15 is 0 Å². The van der Waals surface area contributed by atoms with E-state index in [0.29, 0.717) is 12.4 Å². The van der Waals surface area contributed by atoms with E-state index in [0.717, 1.165) is 18.5 Å². The van der Waals surface area contributed by atoms with Gasteiger partial charge in [-0.2, -0.15) is 0 Å². The summed E-state index contributed by atoms with van der Waals surface area (Å²) in [5, 5.41) is 3.33. The van der Waals surface area contributed by atoms with Crippen molar-refractivity contribution < 1.29 is 9.13 Å². The molecule has 0 aliphatic rings. The quantitative estimate of drug-likeness (QED) is 0.743. The van der Waals surface area contributed by atoms with Crippen molar-refractivity contribution in [1.29, 1.82) is 0 Å². The van der Waals surface area contributed by atoms with Crippen molar-refractivity contribution in [3.63, 3.8) is 0 Å². The molecule has 1 atom stereocenters. The second-order valence-corrected chi connectivity index (χ2v) is 4.25. The molecule has 0 amide bonds. The van der Waals surface area contributed by atoms with Gasteiger partial charge in [-0.3, -0.25) is 0 Å². The van der Waals surface area contributed by atoms with Gasteiger partial charge in [0.05, 0.1) is 0 Å². The number of rotatable bonds is 7. The lowest BCUT2D eigenvalue weighted by molar-refractivity contribution is 0.341. The van der Waals surface area contributed by atoms with E-state index in [1.165, 1.54) is 0 Å². The Morgan fingerprint density at radius 3 is 2.83 bits per heavy atom. The fourth-order valence-corrected chi connectivity index (χ4v) is 1.62. The maximum atomic E-state index is 13.8. The standard InChI is InChI=1S/C15H22FNO/c1-4-6-10-18-15-8-7-13(11-14(15)16)12(3)17-9-5-2/h4,6-8,11-12,17H,5,9-10H2,1-3H3/b6-4+. The van der Waals surface area contributed by atoms with Crippen molar-refractivity contribution in [3.05, 3.63) is 41.7 Å². The Labute approximate surface area is 109 Å². The minimum Gasteiger partial charge on any atom is -0.486 e. The number of benzene rings is 1. The van der Waals surface area contributed by atoms with Crippen LogP contribution in [0, 0.1) is 5.82 Å². The zero-order chi connectivity index (χ0) is 13.4. The van der Waals surface area contributed by atoms with Crippen molar-refractivity contribution in [1.82, 2.24) is 5.32 Å². The molecule has 1 N–H and O–H groups in total. The number of hydrogen-bond donors (Lipinski definition) is 1. The molecule has 0 aliphatic carbocycles. The molecule has 0 saturated carbocycles. The number of ether oxygens (including phenoxy) is 1. The number of allylic oxidation sites excluding steroid dienone is 1. The molecule has 0 radical (unpaired) electrons. The second-order valence-electron chi connectivity index (χ2n) is 4.25. The summed E-state index contributed by atoms with van der Waals surface area (Å²) in [4.78, 5) is 0. The van der Waals surface area contributed by atoms with Crippen LogP contribution in [0.4, 0.5) is 4.39 Å². The van der Waals surface area contributed by atoms with Gasteiger partial charge in [0, 0.05) is 6.04 Å². The van der Waals surface area contributed by atoms with E-state index in [4.69, 9.17) is 4.74 Å². The van der Waals surface area contributed by atoms with E-state index in [1.807, 2.05) is 32.1 Å². The van der Waals surface area contributed by atoms with Crippen LogP contribution in [0.1, 0.15) is 38.8 Å². The Morgan fingerprint density at radius 2 is 2.22 bits per heavy atom. The van der Waals surface area contributed by atoms with Gasteiger partial charge in [-0.15, -0.1) is 0 Å². The predicted molar refractivity (Wildman–Crippen MR) is 73.4 cm³/mol. The maximum absolute atomic E-state index is 13.8. The summed E-state index contributed by atoms with van der Waals surface area (Å²) in [6.07, 6.45) is 4.79. The zero-order valence-corrected chi connectivity index (χ0v) is 11.4. The Kier molecular flexibility index (Phi) is 6.44. The van der Waals surface area contributed by atoms with Crippen LogP contribution in [0.15, 0.2) is 30.4 Å². The van der Waals surface area contributed by atoms with Gasteiger partial charge < -0.3 is 10.1 Å². The molecule has 0 fully saturated rings. The highest BCUT2D eigenvalue weighted by molar-refractivity contribution is 5.31. The van der Waals surface area contributed by atoms with E-state index in [1.54, 1.807) is 12.1 Å². The molecule has 3 heteroatoms. The van der Waals surface area contributed by atoms with E-state index in [9.17, 15) is 4.39 Å². The van der Waals surface area contributed by atoms with Crippen molar-refractivity contribution in [3.8, 4) is 5.75 Å². The van der Waals surface area contributed by atoms with E-state index in [2.05, 4.69) is 12.2 Å². The first-order chi connectivity index (χ1) is 8.69. The van der Waals surface area contributed by atoms with Gasteiger partial charge in [0.1, 0.15) is 6.61 Å². The van der Waals surface area contributed by atoms with Gasteiger partial charge in [-0.05, 0) is 44.5 Å². The number of nitrogens with one attached hydrogen (secondary N) is 1. The molecule has 1 rings (SSSR count). The average Bonchev–Trinajstić information content (AvgIpc) is 2.38. The van der Waals surface area contributed by atoms with Crippen molar-refractivity contribution in [2.75, 3.05) is 13.2 Å². The van der Waals surface area contributed by atoms with E-state index < -0.39 is 0 Å². The fourth-order valence-electron chi connectivity index (χ4n) is 1.62. The Morgan fingerprint density at radius 1 is 1.44 bits per heavy atom. The van der Waals surface area contributed by atoms with Crippen molar-refractivity contribution in [2.24, 2.45) is 0 Å². The molecule has 1 aromatic rings. The molecule has 1 aromatic carbocycles. The predicted octanol–water partition coefficient (Wildman–Crippen LogP) is 3.84. The topological polar surface area (TPSA) is 21.3 Å². The second kappa shape index (κ2) is 7.88. The summed E-state index contributed by atoms with van der Waals surface area (Å²) in [5.41, 5.74) is 0.944. The van der Waals surface area contributed by atoms with Crippen LogP contribution in [0.2, 0.25) is 0 Å². The monoisotopic (exact) mass is 251 g/mol. The van der Waals surface area contributed by atoms with Crippen LogP contribution in [0.25, 0.3) is 0 Å². The maximum Gasteiger partial charge on any atom is 0.165 e. The summed E-state index contributed by atoms with van der Waals surface area (Å²) in [5.74, 6) is 0.00157. The summed E-state index contributed by atoms with van der Waals surface area (Å²) in [6.45, 7) is 7.38. The number of halogens is 1. The zero-order valence-electron chi connectivity index (χ0n) is 11.4. The van der Waals surface area contributed by atoms with Gasteiger partial charge >= 0.3 is 0 Å². The lowest BCUT2D eigenvalue weighted by Gasteiger charge is -2.14. The lowest BCUT2D eigenvalue weighted by atomic mass is 10.1. The summed E-state index contributed by atoms with van der Waals surface area (Å²) < 4.78 is 19.1. The highest BCUT2D eigenvalue weighted by Gasteiger charge is 2.09. The minimum absolute atomic E-state index is 0.157. The molecular weight excluding hydrogens is 229 g/mol. The SMILES string of the molecule is C/C=C/COc1ccc(C(C)NCCC)cc1F. The normalized spacial score (nSPS) is 12.9. The Bertz CT molecular complexity index is 390. The largest absolute Gasteiger partial charge is 0.486 e. The van der Waals surface area contributed by atoms with Gasteiger partial charge in [-0.1, -0.05) is 25.1 Å². The van der Waals surface area contributed by atoms with Gasteiger partial charge in [0.25, 0.3) is 0 Å². The molecule has 0 heterocycles. The molecule has 0 aromatic heterocycles. The minimum atomic E-state index is -0.304. The highest BCUT2D eigenvalue weighted by Crippen LogP contribution is 2.22. The third-order valence-electron chi connectivity index (χ3n) is 2.73. The fraction of sp³-hybridized carbons (Fsp3) is 0.467. The van der Waals surface area contributed by atoms with Gasteiger partial charge in [0.2, 0.25) is 0 Å². The molecule has 1 unspecified atom stereocenters. The van der Waals surface area contributed by atoms with Crippen LogP contribution < -0.4 is 10.1 Å². The van der Waals surface area contributed by atoms with Crippen LogP contribution in [0.3, 0.4) is 0 Å². The third kappa shape index (κ3) is 4.49. The molecule has 2 nitrogen and oxygen atoms in total. The lowest BCUT2D eigenvalue weighted by Crippen LogP contribution is -2.19.